The van der Waals surface area contributed by atoms with E-state index in [1.165, 1.54) is 7.11 Å². The second kappa shape index (κ2) is 5.83. The van der Waals surface area contributed by atoms with Gasteiger partial charge in [-0.25, -0.2) is 4.79 Å². The highest BCUT2D eigenvalue weighted by Gasteiger charge is 2.17. The molecule has 0 saturated carbocycles. The van der Waals surface area contributed by atoms with E-state index in [1.54, 1.807) is 19.1 Å². The molecule has 1 aromatic rings. The largest absolute Gasteiger partial charge is 0.465 e. The number of esters is 1. The Morgan fingerprint density at radius 2 is 1.68 bits per heavy atom. The first-order chi connectivity index (χ1) is 9.13. The molecule has 3 nitrogen and oxygen atoms in total. The van der Waals surface area contributed by atoms with Crippen LogP contribution in [0.2, 0.25) is 0 Å². The number of rotatable bonds is 3. The van der Waals surface area contributed by atoms with Crippen LogP contribution >= 0.6 is 0 Å². The van der Waals surface area contributed by atoms with Gasteiger partial charge in [0, 0.05) is 0 Å². The molecule has 0 spiro atoms. The van der Waals surface area contributed by atoms with Crippen LogP contribution in [0.1, 0.15) is 48.5 Å². The molecule has 0 bridgehead atoms. The molecule has 2 rings (SSSR count). The fourth-order valence-corrected chi connectivity index (χ4v) is 2.54. The van der Waals surface area contributed by atoms with Gasteiger partial charge in [-0.1, -0.05) is 12.1 Å². The lowest BCUT2D eigenvalue weighted by molar-refractivity contribution is -0.113. The zero-order valence-corrected chi connectivity index (χ0v) is 11.4. The van der Waals surface area contributed by atoms with Crippen LogP contribution in [0.3, 0.4) is 0 Å². The molecule has 1 aliphatic carbocycles. The van der Waals surface area contributed by atoms with E-state index in [1.807, 2.05) is 12.1 Å². The minimum absolute atomic E-state index is 0.159. The number of carbonyl (C=O) groups excluding carboxylic acids is 2. The van der Waals surface area contributed by atoms with Crippen LogP contribution in [0.4, 0.5) is 0 Å². The minimum Gasteiger partial charge on any atom is -0.465 e. The second-order valence-electron chi connectivity index (χ2n) is 4.79. The zero-order valence-electron chi connectivity index (χ0n) is 11.4. The van der Waals surface area contributed by atoms with Gasteiger partial charge in [0.15, 0.2) is 5.78 Å². The predicted molar refractivity (Wildman–Crippen MR) is 73.9 cm³/mol. The number of carbonyl (C=O) groups is 2. The predicted octanol–water partition coefficient (Wildman–Crippen LogP) is 3.39. The van der Waals surface area contributed by atoms with Gasteiger partial charge in [0.05, 0.1) is 12.7 Å². The average Bonchev–Trinajstić information content (AvgIpc) is 2.46. The van der Waals surface area contributed by atoms with Gasteiger partial charge in [-0.3, -0.25) is 4.79 Å². The Kier molecular flexibility index (Phi) is 4.15. The molecule has 0 atom stereocenters. The van der Waals surface area contributed by atoms with Crippen molar-refractivity contribution in [1.82, 2.24) is 0 Å². The highest BCUT2D eigenvalue weighted by molar-refractivity contribution is 6.01. The molecule has 0 heterocycles. The molecule has 3 heteroatoms. The van der Waals surface area contributed by atoms with E-state index in [0.717, 1.165) is 42.4 Å². The first kappa shape index (κ1) is 13.5. The molecule has 1 aliphatic rings. The SMILES string of the molecule is COC(=O)c1ccc(C2=C(C(C)=O)CCCC2)cc1. The quantitative estimate of drug-likeness (QED) is 0.780. The van der Waals surface area contributed by atoms with Crippen LogP contribution in [-0.2, 0) is 9.53 Å². The van der Waals surface area contributed by atoms with Crippen LogP contribution in [0.25, 0.3) is 5.57 Å². The molecular formula is C16H18O3. The highest BCUT2D eigenvalue weighted by atomic mass is 16.5. The first-order valence-corrected chi connectivity index (χ1v) is 6.55. The fourth-order valence-electron chi connectivity index (χ4n) is 2.54. The molecule has 0 fully saturated rings. The van der Waals surface area contributed by atoms with E-state index in [2.05, 4.69) is 4.74 Å². The Morgan fingerprint density at radius 1 is 1.05 bits per heavy atom. The molecular weight excluding hydrogens is 240 g/mol. The lowest BCUT2D eigenvalue weighted by Crippen LogP contribution is -2.07. The summed E-state index contributed by atoms with van der Waals surface area (Å²) >= 11 is 0. The van der Waals surface area contributed by atoms with Crippen molar-refractivity contribution in [2.24, 2.45) is 0 Å². The van der Waals surface area contributed by atoms with Gasteiger partial charge in [-0.2, -0.15) is 0 Å². The monoisotopic (exact) mass is 258 g/mol. The van der Waals surface area contributed by atoms with E-state index < -0.39 is 0 Å². The van der Waals surface area contributed by atoms with Gasteiger partial charge < -0.3 is 4.74 Å². The standard InChI is InChI=1S/C16H18O3/c1-11(17)14-5-3-4-6-15(14)12-7-9-13(10-8-12)16(18)19-2/h7-10H,3-6H2,1-2H3. The molecule has 1 aromatic carbocycles. The van der Waals surface area contributed by atoms with Crippen LogP contribution in [0.15, 0.2) is 29.8 Å². The third-order valence-corrected chi connectivity index (χ3v) is 3.55. The maximum Gasteiger partial charge on any atom is 0.337 e. The maximum atomic E-state index is 11.7. The van der Waals surface area contributed by atoms with Crippen LogP contribution < -0.4 is 0 Å². The molecule has 0 unspecified atom stereocenters. The smallest absolute Gasteiger partial charge is 0.337 e. The summed E-state index contributed by atoms with van der Waals surface area (Å²) in [6.45, 7) is 1.63. The first-order valence-electron chi connectivity index (χ1n) is 6.55. The van der Waals surface area contributed by atoms with Gasteiger partial charge >= 0.3 is 5.97 Å². The average molecular weight is 258 g/mol. The van der Waals surface area contributed by atoms with E-state index in [4.69, 9.17) is 0 Å². The molecule has 0 aliphatic heterocycles. The van der Waals surface area contributed by atoms with Crippen LogP contribution in [0.5, 0.6) is 0 Å². The summed E-state index contributed by atoms with van der Waals surface area (Å²) in [5.74, 6) is -0.178. The van der Waals surface area contributed by atoms with Crippen molar-refractivity contribution < 1.29 is 14.3 Å². The summed E-state index contributed by atoms with van der Waals surface area (Å²) < 4.78 is 4.68. The number of ether oxygens (including phenoxy) is 1. The van der Waals surface area contributed by atoms with Gasteiger partial charge in [-0.05, 0) is 61.4 Å². The number of hydrogen-bond donors (Lipinski definition) is 0. The van der Waals surface area contributed by atoms with Crippen molar-refractivity contribution in [3.8, 4) is 0 Å². The van der Waals surface area contributed by atoms with E-state index in [9.17, 15) is 9.59 Å². The number of allylic oxidation sites excluding steroid dienone is 2. The molecule has 0 radical (unpaired) electrons. The summed E-state index contributed by atoms with van der Waals surface area (Å²) in [4.78, 5) is 23.1. The minimum atomic E-state index is -0.337. The second-order valence-corrected chi connectivity index (χ2v) is 4.79. The van der Waals surface area contributed by atoms with Crippen molar-refractivity contribution in [2.45, 2.75) is 32.6 Å². The van der Waals surface area contributed by atoms with E-state index >= 15 is 0 Å². The van der Waals surface area contributed by atoms with Crippen molar-refractivity contribution in [1.29, 1.82) is 0 Å². The maximum absolute atomic E-state index is 11.7. The molecule has 100 valence electrons. The Balaban J connectivity index is 2.35. The number of ketones is 1. The summed E-state index contributed by atoms with van der Waals surface area (Å²) in [7, 11) is 1.37. The lowest BCUT2D eigenvalue weighted by atomic mass is 9.85. The van der Waals surface area contributed by atoms with Crippen molar-refractivity contribution >= 4 is 17.3 Å². The topological polar surface area (TPSA) is 43.4 Å². The highest BCUT2D eigenvalue weighted by Crippen LogP contribution is 2.32. The van der Waals surface area contributed by atoms with E-state index in [0.29, 0.717) is 5.56 Å². The molecule has 0 saturated heterocycles. The number of benzene rings is 1. The fraction of sp³-hybridized carbons (Fsp3) is 0.375. The van der Waals surface area contributed by atoms with Crippen molar-refractivity contribution in [3.63, 3.8) is 0 Å². The van der Waals surface area contributed by atoms with Crippen LogP contribution in [0, 0.1) is 0 Å². The molecule has 19 heavy (non-hydrogen) atoms. The number of hydrogen-bond acceptors (Lipinski definition) is 3. The number of Topliss-reactive ketones (excluding diaryl/α,β-unsaturated/α-hetero) is 1. The van der Waals surface area contributed by atoms with Crippen molar-refractivity contribution in [3.05, 3.63) is 41.0 Å². The summed E-state index contributed by atoms with van der Waals surface area (Å²) in [6, 6.07) is 7.30. The van der Waals surface area contributed by atoms with Gasteiger partial charge in [-0.15, -0.1) is 0 Å². The van der Waals surface area contributed by atoms with E-state index in [-0.39, 0.29) is 11.8 Å². The van der Waals surface area contributed by atoms with Gasteiger partial charge in [0.1, 0.15) is 0 Å². The lowest BCUT2D eigenvalue weighted by Gasteiger charge is -2.19. The Hall–Kier alpha value is -1.90. The van der Waals surface area contributed by atoms with Crippen molar-refractivity contribution in [2.75, 3.05) is 7.11 Å². The summed E-state index contributed by atoms with van der Waals surface area (Å²) in [6.07, 6.45) is 4.00. The molecule has 0 aromatic heterocycles. The van der Waals surface area contributed by atoms with Gasteiger partial charge in [0.2, 0.25) is 0 Å². The Labute approximate surface area is 113 Å². The Bertz CT molecular complexity index is 523. The Morgan fingerprint density at radius 3 is 2.26 bits per heavy atom. The normalized spacial score (nSPS) is 15.3. The van der Waals surface area contributed by atoms with Crippen LogP contribution in [-0.4, -0.2) is 18.9 Å². The third kappa shape index (κ3) is 2.92. The number of methoxy groups -OCH3 is 1. The summed E-state index contributed by atoms with van der Waals surface area (Å²) in [5, 5.41) is 0. The zero-order chi connectivity index (χ0) is 13.8. The molecule has 0 amide bonds. The third-order valence-electron chi connectivity index (χ3n) is 3.55. The van der Waals surface area contributed by atoms with Gasteiger partial charge in [0.25, 0.3) is 0 Å². The molecule has 0 N–H and O–H groups in total. The summed E-state index contributed by atoms with van der Waals surface area (Å²) in [5.41, 5.74) is 3.65.